The maximum atomic E-state index is 9.29. The van der Waals surface area contributed by atoms with Crippen LogP contribution in [0.3, 0.4) is 0 Å². The molecule has 1 aliphatic rings. The van der Waals surface area contributed by atoms with E-state index >= 15 is 0 Å². The molecular formula is C24H32N2O2. The molecule has 1 unspecified atom stereocenters. The van der Waals surface area contributed by atoms with Crippen LogP contribution < -0.4 is 4.74 Å². The number of fused-ring (bicyclic) bond motifs is 1. The van der Waals surface area contributed by atoms with Gasteiger partial charge in [0.25, 0.3) is 0 Å². The molecule has 0 aliphatic heterocycles. The van der Waals surface area contributed by atoms with Crippen molar-refractivity contribution < 1.29 is 9.84 Å². The third-order valence-electron chi connectivity index (χ3n) is 5.82. The van der Waals surface area contributed by atoms with E-state index in [1.807, 2.05) is 0 Å². The fraction of sp³-hybridized carbons (Fsp3) is 0.500. The maximum absolute atomic E-state index is 9.29. The quantitative estimate of drug-likeness (QED) is 0.750. The number of allylic oxidation sites excluding steroid dienone is 2. The topological polar surface area (TPSA) is 55.2 Å². The lowest BCUT2D eigenvalue weighted by Crippen LogP contribution is -2.19. The van der Waals surface area contributed by atoms with Crippen molar-refractivity contribution >= 4 is 5.57 Å². The zero-order valence-corrected chi connectivity index (χ0v) is 17.9. The highest BCUT2D eigenvalue weighted by atomic mass is 16.5. The van der Waals surface area contributed by atoms with Crippen LogP contribution in [0.25, 0.3) is 16.8 Å². The summed E-state index contributed by atoms with van der Waals surface area (Å²) < 4.78 is 5.60. The van der Waals surface area contributed by atoms with Crippen molar-refractivity contribution in [1.82, 2.24) is 9.97 Å². The highest BCUT2D eigenvalue weighted by molar-refractivity contribution is 5.74. The average molecular weight is 381 g/mol. The van der Waals surface area contributed by atoms with Crippen LogP contribution in [0.2, 0.25) is 0 Å². The number of hydrogen-bond acceptors (Lipinski definition) is 4. The van der Waals surface area contributed by atoms with E-state index in [-0.39, 0.29) is 6.61 Å². The number of aliphatic hydroxyl groups excluding tert-OH is 1. The Hall–Kier alpha value is -2.20. The summed E-state index contributed by atoms with van der Waals surface area (Å²) >= 11 is 0. The van der Waals surface area contributed by atoms with Crippen LogP contribution in [0.1, 0.15) is 62.5 Å². The average Bonchev–Trinajstić information content (AvgIpc) is 2.67. The van der Waals surface area contributed by atoms with Gasteiger partial charge in [-0.15, -0.1) is 0 Å². The lowest BCUT2D eigenvalue weighted by Gasteiger charge is -2.27. The Morgan fingerprint density at radius 2 is 1.89 bits per heavy atom. The highest BCUT2D eigenvalue weighted by Gasteiger charge is 2.25. The van der Waals surface area contributed by atoms with Gasteiger partial charge in [-0.2, -0.15) is 0 Å². The van der Waals surface area contributed by atoms with Gasteiger partial charge in [-0.05, 0) is 73.3 Å². The number of pyridine rings is 2. The van der Waals surface area contributed by atoms with Crippen LogP contribution in [0, 0.1) is 18.8 Å². The molecule has 28 heavy (non-hydrogen) atoms. The first-order valence-corrected chi connectivity index (χ1v) is 10.2. The molecule has 2 atom stereocenters. The lowest BCUT2D eigenvalue weighted by molar-refractivity contribution is 0.242. The number of aliphatic hydroxyl groups is 1. The minimum atomic E-state index is 0.243. The molecule has 0 fully saturated rings. The van der Waals surface area contributed by atoms with Gasteiger partial charge in [-0.3, -0.25) is 0 Å². The summed E-state index contributed by atoms with van der Waals surface area (Å²) in [5.74, 6) is 1.89. The minimum Gasteiger partial charge on any atom is -0.480 e. The van der Waals surface area contributed by atoms with E-state index in [4.69, 9.17) is 14.7 Å². The number of rotatable bonds is 6. The predicted octanol–water partition coefficient (Wildman–Crippen LogP) is 5.18. The Balaban J connectivity index is 2.03. The van der Waals surface area contributed by atoms with Gasteiger partial charge in [0, 0.05) is 12.3 Å². The molecule has 0 saturated heterocycles. The first kappa shape index (κ1) is 20.5. The van der Waals surface area contributed by atoms with Crippen molar-refractivity contribution in [3.05, 3.63) is 46.8 Å². The first-order chi connectivity index (χ1) is 13.3. The molecule has 4 nitrogen and oxygen atoms in total. The Kier molecular flexibility index (Phi) is 6.19. The van der Waals surface area contributed by atoms with Gasteiger partial charge in [0.2, 0.25) is 5.88 Å². The second kappa shape index (κ2) is 8.44. The molecule has 0 aromatic carbocycles. The van der Waals surface area contributed by atoms with Crippen LogP contribution in [-0.4, -0.2) is 28.8 Å². The van der Waals surface area contributed by atoms with Crippen LogP contribution >= 0.6 is 0 Å². The molecule has 2 heterocycles. The number of methoxy groups -OCH3 is 1. The molecule has 3 rings (SSSR count). The maximum Gasteiger partial charge on any atom is 0.222 e. The Labute approximate surface area is 168 Å². The number of hydrogen-bond donors (Lipinski definition) is 1. The standard InChI is InChI=1S/C24H32N2O2/c1-14(2)21-8-7-20(24(25-21)28-6)23-17(5)12-19-13-18(15(3)9-10-27)11-16(4)22(19)26-23/h7-8,11-12,14-15,18,27H,9-10,13H2,1-6H3/t15-,18?/m0/s1. The summed E-state index contributed by atoms with van der Waals surface area (Å²) in [4.78, 5) is 9.74. The largest absolute Gasteiger partial charge is 0.480 e. The highest BCUT2D eigenvalue weighted by Crippen LogP contribution is 2.37. The van der Waals surface area contributed by atoms with E-state index < -0.39 is 0 Å². The molecule has 0 radical (unpaired) electrons. The van der Waals surface area contributed by atoms with E-state index in [1.54, 1.807) is 7.11 Å². The van der Waals surface area contributed by atoms with E-state index in [9.17, 15) is 5.11 Å². The lowest BCUT2D eigenvalue weighted by atomic mass is 9.79. The van der Waals surface area contributed by atoms with Gasteiger partial charge in [-0.25, -0.2) is 9.97 Å². The molecule has 150 valence electrons. The fourth-order valence-corrected chi connectivity index (χ4v) is 4.05. The summed E-state index contributed by atoms with van der Waals surface area (Å²) in [6, 6.07) is 6.41. The van der Waals surface area contributed by atoms with Gasteiger partial charge in [0.1, 0.15) is 0 Å². The summed E-state index contributed by atoms with van der Waals surface area (Å²) in [6.45, 7) is 11.0. The first-order valence-electron chi connectivity index (χ1n) is 10.2. The van der Waals surface area contributed by atoms with Crippen molar-refractivity contribution in [2.24, 2.45) is 11.8 Å². The van der Waals surface area contributed by atoms with Crippen molar-refractivity contribution in [1.29, 1.82) is 0 Å². The third-order valence-corrected chi connectivity index (χ3v) is 5.82. The van der Waals surface area contributed by atoms with E-state index in [0.717, 1.165) is 41.1 Å². The Bertz CT molecular complexity index is 886. The Morgan fingerprint density at radius 1 is 1.14 bits per heavy atom. The molecule has 0 amide bonds. The normalized spacial score (nSPS) is 17.3. The number of nitrogens with zero attached hydrogens (tertiary/aromatic N) is 2. The molecule has 0 bridgehead atoms. The molecule has 4 heteroatoms. The SMILES string of the molecule is COc1nc(C(C)C)ccc1-c1nc2c(cc1C)CC([C@@H](C)CCO)C=C2C. The van der Waals surface area contributed by atoms with Gasteiger partial charge < -0.3 is 9.84 Å². The fourth-order valence-electron chi connectivity index (χ4n) is 4.05. The van der Waals surface area contributed by atoms with Gasteiger partial charge in [-0.1, -0.05) is 32.9 Å². The van der Waals surface area contributed by atoms with Crippen LogP contribution in [-0.2, 0) is 6.42 Å². The monoisotopic (exact) mass is 380 g/mol. The second-order valence-electron chi connectivity index (χ2n) is 8.32. The molecule has 2 aromatic heterocycles. The summed E-state index contributed by atoms with van der Waals surface area (Å²) in [5, 5.41) is 9.29. The van der Waals surface area contributed by atoms with Crippen molar-refractivity contribution in [2.75, 3.05) is 13.7 Å². The second-order valence-corrected chi connectivity index (χ2v) is 8.32. The van der Waals surface area contributed by atoms with Crippen LogP contribution in [0.5, 0.6) is 5.88 Å². The molecule has 0 saturated carbocycles. The number of aryl methyl sites for hydroxylation is 1. The van der Waals surface area contributed by atoms with Crippen molar-refractivity contribution in [3.63, 3.8) is 0 Å². The zero-order chi connectivity index (χ0) is 20.4. The molecule has 2 aromatic rings. The third kappa shape index (κ3) is 3.97. The molecular weight excluding hydrogens is 348 g/mol. The van der Waals surface area contributed by atoms with Crippen LogP contribution in [0.15, 0.2) is 24.3 Å². The summed E-state index contributed by atoms with van der Waals surface area (Å²) in [7, 11) is 1.67. The Morgan fingerprint density at radius 3 is 2.54 bits per heavy atom. The number of aromatic nitrogens is 2. The predicted molar refractivity (Wildman–Crippen MR) is 115 cm³/mol. The van der Waals surface area contributed by atoms with Crippen LogP contribution in [0.4, 0.5) is 0 Å². The zero-order valence-electron chi connectivity index (χ0n) is 17.9. The van der Waals surface area contributed by atoms with E-state index in [1.165, 1.54) is 11.1 Å². The molecule has 1 aliphatic carbocycles. The van der Waals surface area contributed by atoms with Gasteiger partial charge in [0.05, 0.1) is 24.1 Å². The molecule has 1 N–H and O–H groups in total. The summed E-state index contributed by atoms with van der Waals surface area (Å²) in [5.41, 5.74) is 7.61. The summed E-state index contributed by atoms with van der Waals surface area (Å²) in [6.07, 6.45) is 4.13. The van der Waals surface area contributed by atoms with E-state index in [2.05, 4.69) is 58.9 Å². The minimum absolute atomic E-state index is 0.243. The molecule has 0 spiro atoms. The van der Waals surface area contributed by atoms with Crippen molar-refractivity contribution in [3.8, 4) is 17.1 Å². The van der Waals surface area contributed by atoms with E-state index in [0.29, 0.717) is 23.6 Å². The smallest absolute Gasteiger partial charge is 0.222 e. The van der Waals surface area contributed by atoms with Gasteiger partial charge >= 0.3 is 0 Å². The number of ether oxygens (including phenoxy) is 1. The van der Waals surface area contributed by atoms with Gasteiger partial charge in [0.15, 0.2) is 0 Å². The van der Waals surface area contributed by atoms with Crippen molar-refractivity contribution in [2.45, 2.75) is 53.4 Å².